The van der Waals surface area contributed by atoms with E-state index in [9.17, 15) is 5.11 Å². The number of nitrogens with one attached hydrogen (secondary N) is 1. The van der Waals surface area contributed by atoms with Crippen LogP contribution >= 0.6 is 11.3 Å². The van der Waals surface area contributed by atoms with Gasteiger partial charge in [-0.3, -0.25) is 0 Å². The van der Waals surface area contributed by atoms with Gasteiger partial charge in [0.1, 0.15) is 0 Å². The number of anilines is 1. The molecule has 2 atom stereocenters. The Bertz CT molecular complexity index is 576. The second kappa shape index (κ2) is 7.95. The number of hydrogen-bond acceptors (Lipinski definition) is 4. The molecular weight excluding hydrogens is 304 g/mol. The van der Waals surface area contributed by atoms with Crippen molar-refractivity contribution in [3.8, 4) is 0 Å². The zero-order valence-corrected chi connectivity index (χ0v) is 14.6. The largest absolute Gasteiger partial charge is 0.387 e. The van der Waals surface area contributed by atoms with Crippen LogP contribution in [-0.4, -0.2) is 24.7 Å². The van der Waals surface area contributed by atoms with Gasteiger partial charge in [0, 0.05) is 31.4 Å². The molecule has 0 bridgehead atoms. The van der Waals surface area contributed by atoms with Crippen LogP contribution in [0.3, 0.4) is 0 Å². The maximum Gasteiger partial charge on any atom is 0.0922 e. The number of aliphatic hydroxyl groups is 1. The van der Waals surface area contributed by atoms with Crippen molar-refractivity contribution in [3.63, 3.8) is 0 Å². The van der Waals surface area contributed by atoms with Crippen LogP contribution < -0.4 is 10.2 Å². The van der Waals surface area contributed by atoms with Gasteiger partial charge in [-0.15, -0.1) is 0 Å². The molecule has 1 aliphatic rings. The highest BCUT2D eigenvalue weighted by molar-refractivity contribution is 7.07. The van der Waals surface area contributed by atoms with Crippen molar-refractivity contribution in [1.29, 1.82) is 0 Å². The Morgan fingerprint density at radius 3 is 2.48 bits per heavy atom. The van der Waals surface area contributed by atoms with Crippen LogP contribution in [-0.2, 0) is 0 Å². The summed E-state index contributed by atoms with van der Waals surface area (Å²) in [5.74, 6) is 0. The summed E-state index contributed by atoms with van der Waals surface area (Å²) in [4.78, 5) is 2.48. The van der Waals surface area contributed by atoms with Crippen LogP contribution in [0.15, 0.2) is 41.1 Å². The number of thiophene rings is 1. The highest BCUT2D eigenvalue weighted by atomic mass is 32.1. The lowest BCUT2D eigenvalue weighted by atomic mass is 10.1. The van der Waals surface area contributed by atoms with E-state index in [1.54, 1.807) is 11.3 Å². The standard InChI is InChI=1S/C19H26N2OS/c1-15(20-13-19(22)17-9-12-23-14-17)16-5-7-18(8-6-16)21-10-3-2-4-11-21/h5-9,12,14-15,19-20,22H,2-4,10-11,13H2,1H3. The average molecular weight is 330 g/mol. The van der Waals surface area contributed by atoms with E-state index in [0.29, 0.717) is 6.54 Å². The molecule has 0 radical (unpaired) electrons. The molecule has 0 spiro atoms. The Hall–Kier alpha value is -1.36. The maximum absolute atomic E-state index is 10.2. The lowest BCUT2D eigenvalue weighted by Gasteiger charge is -2.29. The molecule has 2 heterocycles. The second-order valence-corrected chi connectivity index (χ2v) is 7.12. The summed E-state index contributed by atoms with van der Waals surface area (Å²) in [7, 11) is 0. The fourth-order valence-corrected chi connectivity index (χ4v) is 3.82. The molecule has 2 N–H and O–H groups in total. The number of nitrogens with zero attached hydrogens (tertiary/aromatic N) is 1. The van der Waals surface area contributed by atoms with Gasteiger partial charge in [-0.05, 0) is 66.3 Å². The van der Waals surface area contributed by atoms with Crippen LogP contribution in [0.25, 0.3) is 0 Å². The van der Waals surface area contributed by atoms with Gasteiger partial charge >= 0.3 is 0 Å². The lowest BCUT2D eigenvalue weighted by molar-refractivity contribution is 0.171. The van der Waals surface area contributed by atoms with Gasteiger partial charge in [-0.2, -0.15) is 11.3 Å². The topological polar surface area (TPSA) is 35.5 Å². The average Bonchev–Trinajstić information content (AvgIpc) is 3.15. The van der Waals surface area contributed by atoms with E-state index in [0.717, 1.165) is 5.56 Å². The van der Waals surface area contributed by atoms with E-state index in [4.69, 9.17) is 0 Å². The molecule has 0 aliphatic carbocycles. The molecule has 1 aromatic carbocycles. The van der Waals surface area contributed by atoms with Crippen LogP contribution in [0.2, 0.25) is 0 Å². The van der Waals surface area contributed by atoms with Gasteiger partial charge in [0.2, 0.25) is 0 Å². The summed E-state index contributed by atoms with van der Waals surface area (Å²) < 4.78 is 0. The van der Waals surface area contributed by atoms with Gasteiger partial charge < -0.3 is 15.3 Å². The van der Waals surface area contributed by atoms with E-state index in [1.807, 2.05) is 16.8 Å². The third-order valence-electron chi connectivity index (χ3n) is 4.66. The molecule has 1 fully saturated rings. The molecule has 1 aliphatic heterocycles. The van der Waals surface area contributed by atoms with Crippen LogP contribution in [0.5, 0.6) is 0 Å². The Kier molecular flexibility index (Phi) is 5.70. The smallest absolute Gasteiger partial charge is 0.0922 e. The predicted octanol–water partition coefficient (Wildman–Crippen LogP) is 4.12. The van der Waals surface area contributed by atoms with Gasteiger partial charge in [-0.1, -0.05) is 12.1 Å². The van der Waals surface area contributed by atoms with E-state index in [2.05, 4.69) is 41.4 Å². The number of aliphatic hydroxyl groups excluding tert-OH is 1. The molecule has 3 nitrogen and oxygen atoms in total. The number of benzene rings is 1. The number of piperidine rings is 1. The molecule has 4 heteroatoms. The Morgan fingerprint density at radius 2 is 1.83 bits per heavy atom. The Balaban J connectivity index is 1.53. The third-order valence-corrected chi connectivity index (χ3v) is 5.36. The number of rotatable bonds is 6. The van der Waals surface area contributed by atoms with E-state index >= 15 is 0 Å². The molecule has 1 aromatic heterocycles. The number of hydrogen-bond donors (Lipinski definition) is 2. The zero-order valence-electron chi connectivity index (χ0n) is 13.7. The molecule has 0 amide bonds. The van der Waals surface area contributed by atoms with E-state index < -0.39 is 6.10 Å². The van der Waals surface area contributed by atoms with Crippen LogP contribution in [0, 0.1) is 0 Å². The Labute approximate surface area is 143 Å². The van der Waals surface area contributed by atoms with Crippen molar-refractivity contribution in [3.05, 3.63) is 52.2 Å². The molecule has 3 rings (SSSR count). The van der Waals surface area contributed by atoms with Gasteiger partial charge in [-0.25, -0.2) is 0 Å². The first kappa shape index (κ1) is 16.5. The zero-order chi connectivity index (χ0) is 16.1. The Morgan fingerprint density at radius 1 is 1.09 bits per heavy atom. The monoisotopic (exact) mass is 330 g/mol. The van der Waals surface area contributed by atoms with Crippen molar-refractivity contribution in [2.24, 2.45) is 0 Å². The van der Waals surface area contributed by atoms with Crippen molar-refractivity contribution in [2.45, 2.75) is 38.3 Å². The summed E-state index contributed by atoms with van der Waals surface area (Å²) in [6, 6.07) is 11.1. The summed E-state index contributed by atoms with van der Waals surface area (Å²) in [5, 5.41) is 17.6. The first-order valence-corrected chi connectivity index (χ1v) is 9.47. The van der Waals surface area contributed by atoms with Crippen molar-refractivity contribution in [2.75, 3.05) is 24.5 Å². The first-order valence-electron chi connectivity index (χ1n) is 8.52. The summed E-state index contributed by atoms with van der Waals surface area (Å²) in [6.07, 6.45) is 3.54. The third kappa shape index (κ3) is 4.34. The minimum absolute atomic E-state index is 0.235. The van der Waals surface area contributed by atoms with Gasteiger partial charge in [0.25, 0.3) is 0 Å². The molecule has 1 saturated heterocycles. The van der Waals surface area contributed by atoms with Gasteiger partial charge in [0.05, 0.1) is 6.10 Å². The van der Waals surface area contributed by atoms with E-state index in [-0.39, 0.29) is 6.04 Å². The molecule has 2 aromatic rings. The van der Waals surface area contributed by atoms with Crippen LogP contribution in [0.1, 0.15) is 49.5 Å². The predicted molar refractivity (Wildman–Crippen MR) is 98.2 cm³/mol. The summed E-state index contributed by atoms with van der Waals surface area (Å²) in [5.41, 5.74) is 3.59. The van der Waals surface area contributed by atoms with Crippen LogP contribution in [0.4, 0.5) is 5.69 Å². The minimum atomic E-state index is -0.434. The molecular formula is C19H26N2OS. The summed E-state index contributed by atoms with van der Waals surface area (Å²) in [6.45, 7) is 5.09. The van der Waals surface area contributed by atoms with Crippen molar-refractivity contribution in [1.82, 2.24) is 5.32 Å². The maximum atomic E-state index is 10.2. The molecule has 0 saturated carbocycles. The SMILES string of the molecule is CC(NCC(O)c1ccsc1)c1ccc(N2CCCCC2)cc1. The lowest BCUT2D eigenvalue weighted by Crippen LogP contribution is -2.29. The highest BCUT2D eigenvalue weighted by Gasteiger charge is 2.13. The quantitative estimate of drug-likeness (QED) is 0.836. The fourth-order valence-electron chi connectivity index (χ4n) is 3.11. The van der Waals surface area contributed by atoms with Gasteiger partial charge in [0.15, 0.2) is 0 Å². The first-order chi connectivity index (χ1) is 11.2. The van der Waals surface area contributed by atoms with E-state index in [1.165, 1.54) is 43.6 Å². The van der Waals surface area contributed by atoms with Crippen molar-refractivity contribution < 1.29 is 5.11 Å². The molecule has 2 unspecified atom stereocenters. The summed E-state index contributed by atoms with van der Waals surface area (Å²) >= 11 is 1.62. The molecule has 124 valence electrons. The minimum Gasteiger partial charge on any atom is -0.387 e. The fraction of sp³-hybridized carbons (Fsp3) is 0.474. The highest BCUT2D eigenvalue weighted by Crippen LogP contribution is 2.23. The molecule has 23 heavy (non-hydrogen) atoms. The van der Waals surface area contributed by atoms with Crippen molar-refractivity contribution >= 4 is 17.0 Å². The normalized spacial score (nSPS) is 17.9. The second-order valence-electron chi connectivity index (χ2n) is 6.34.